The summed E-state index contributed by atoms with van der Waals surface area (Å²) in [7, 11) is 0. The van der Waals surface area contributed by atoms with E-state index in [4.69, 9.17) is 0 Å². The highest BCUT2D eigenvalue weighted by atomic mass is 79.9. The number of rotatable bonds is 3. The van der Waals surface area contributed by atoms with Crippen LogP contribution in [0.25, 0.3) is 10.2 Å². The van der Waals surface area contributed by atoms with Crippen LogP contribution in [0.1, 0.15) is 16.1 Å². The summed E-state index contributed by atoms with van der Waals surface area (Å²) >= 11 is 4.91. The summed E-state index contributed by atoms with van der Waals surface area (Å²) in [5.74, 6) is 0.0395. The largest absolute Gasteiger partial charge is 0.294 e. The second-order valence-electron chi connectivity index (χ2n) is 4.10. The van der Waals surface area contributed by atoms with Crippen molar-refractivity contribution in [2.24, 2.45) is 0 Å². The van der Waals surface area contributed by atoms with Crippen LogP contribution < -0.4 is 0 Å². The van der Waals surface area contributed by atoms with Gasteiger partial charge < -0.3 is 0 Å². The molecular weight excluding hydrogens is 324 g/mol. The van der Waals surface area contributed by atoms with Gasteiger partial charge >= 0.3 is 0 Å². The maximum atomic E-state index is 12.2. The van der Waals surface area contributed by atoms with Crippen molar-refractivity contribution < 1.29 is 4.79 Å². The van der Waals surface area contributed by atoms with Gasteiger partial charge in [-0.3, -0.25) is 14.8 Å². The van der Waals surface area contributed by atoms with Crippen LogP contribution in [0.2, 0.25) is 0 Å². The molecule has 3 heterocycles. The smallest absolute Gasteiger partial charge is 0.170 e. The highest BCUT2D eigenvalue weighted by molar-refractivity contribution is 9.10. The molecule has 3 rings (SSSR count). The van der Waals surface area contributed by atoms with Crippen LogP contribution in [0, 0.1) is 0 Å². The average Bonchev–Trinajstić information content (AvgIpc) is 2.88. The molecule has 0 fully saturated rings. The van der Waals surface area contributed by atoms with Crippen LogP contribution in [0.5, 0.6) is 0 Å². The van der Waals surface area contributed by atoms with Crippen LogP contribution in [0.3, 0.4) is 0 Å². The van der Waals surface area contributed by atoms with Crippen molar-refractivity contribution in [2.75, 3.05) is 0 Å². The predicted octanol–water partition coefficient (Wildman–Crippen LogP) is 3.88. The van der Waals surface area contributed by atoms with Crippen molar-refractivity contribution in [3.63, 3.8) is 0 Å². The van der Waals surface area contributed by atoms with E-state index in [0.717, 1.165) is 20.4 Å². The molecule has 0 aromatic carbocycles. The Balaban J connectivity index is 1.84. The quantitative estimate of drug-likeness (QED) is 0.683. The van der Waals surface area contributed by atoms with Crippen molar-refractivity contribution >= 4 is 43.3 Å². The molecule has 0 amide bonds. The van der Waals surface area contributed by atoms with Gasteiger partial charge in [-0.05, 0) is 45.6 Å². The Morgan fingerprint density at radius 3 is 2.89 bits per heavy atom. The van der Waals surface area contributed by atoms with E-state index in [-0.39, 0.29) is 5.78 Å². The van der Waals surface area contributed by atoms with Gasteiger partial charge in [-0.1, -0.05) is 0 Å². The lowest BCUT2D eigenvalue weighted by Gasteiger charge is -2.01. The number of fused-ring (bicyclic) bond motifs is 1. The maximum absolute atomic E-state index is 12.2. The Labute approximate surface area is 122 Å². The first-order valence-electron chi connectivity index (χ1n) is 5.69. The number of carbonyl (C=O) groups is 1. The zero-order chi connectivity index (χ0) is 13.2. The minimum absolute atomic E-state index is 0.0395. The number of halogens is 1. The highest BCUT2D eigenvalue weighted by Gasteiger charge is 2.10. The Bertz CT molecular complexity index is 737. The summed E-state index contributed by atoms with van der Waals surface area (Å²) in [5.41, 5.74) is 2.34. The van der Waals surface area contributed by atoms with E-state index in [1.165, 1.54) is 0 Å². The number of aromatic nitrogens is 2. The molecule has 19 heavy (non-hydrogen) atoms. The maximum Gasteiger partial charge on any atom is 0.170 e. The number of hydrogen-bond acceptors (Lipinski definition) is 4. The molecule has 3 aromatic rings. The Hall–Kier alpha value is -1.59. The van der Waals surface area contributed by atoms with Crippen molar-refractivity contribution in [3.05, 3.63) is 57.8 Å². The molecule has 0 N–H and O–H groups in total. The molecule has 94 valence electrons. The zero-order valence-electron chi connectivity index (χ0n) is 9.84. The van der Waals surface area contributed by atoms with Gasteiger partial charge in [0.15, 0.2) is 5.78 Å². The number of thiophene rings is 1. The first kappa shape index (κ1) is 12.4. The Kier molecular flexibility index (Phi) is 3.40. The second-order valence-corrected chi connectivity index (χ2v) is 5.96. The molecule has 0 aliphatic heterocycles. The van der Waals surface area contributed by atoms with E-state index < -0.39 is 0 Å². The van der Waals surface area contributed by atoms with Gasteiger partial charge in [0.05, 0.1) is 16.6 Å². The van der Waals surface area contributed by atoms with Gasteiger partial charge in [0.2, 0.25) is 0 Å². The lowest BCUT2D eigenvalue weighted by molar-refractivity contribution is 0.0992. The van der Waals surface area contributed by atoms with Crippen LogP contribution in [0.15, 0.2) is 46.5 Å². The Morgan fingerprint density at radius 2 is 2.11 bits per heavy atom. The summed E-state index contributed by atoms with van der Waals surface area (Å²) in [6.45, 7) is 0. The summed E-state index contributed by atoms with van der Waals surface area (Å²) in [4.78, 5) is 20.7. The summed E-state index contributed by atoms with van der Waals surface area (Å²) in [5, 5.41) is 1.97. The van der Waals surface area contributed by atoms with Crippen LogP contribution in [0.4, 0.5) is 0 Å². The second kappa shape index (κ2) is 5.19. The first-order valence-corrected chi connectivity index (χ1v) is 7.36. The average molecular weight is 333 g/mol. The fraction of sp³-hybridized carbons (Fsp3) is 0.0714. The van der Waals surface area contributed by atoms with Gasteiger partial charge in [0, 0.05) is 28.1 Å². The number of carbonyl (C=O) groups excluding carboxylic acids is 1. The van der Waals surface area contributed by atoms with Crippen LogP contribution in [-0.4, -0.2) is 15.8 Å². The molecule has 3 nitrogen and oxygen atoms in total. The predicted molar refractivity (Wildman–Crippen MR) is 79.6 cm³/mol. The van der Waals surface area contributed by atoms with Crippen molar-refractivity contribution in [3.8, 4) is 0 Å². The number of hydrogen-bond donors (Lipinski definition) is 0. The lowest BCUT2D eigenvalue weighted by Crippen LogP contribution is -2.05. The molecule has 0 unspecified atom stereocenters. The van der Waals surface area contributed by atoms with E-state index in [2.05, 4.69) is 25.9 Å². The molecule has 0 aliphatic carbocycles. The lowest BCUT2D eigenvalue weighted by atomic mass is 10.1. The molecule has 0 bridgehead atoms. The molecule has 0 spiro atoms. The highest BCUT2D eigenvalue weighted by Crippen LogP contribution is 2.20. The van der Waals surface area contributed by atoms with Crippen molar-refractivity contribution in [1.29, 1.82) is 0 Å². The molecule has 3 aromatic heterocycles. The molecule has 0 saturated carbocycles. The minimum atomic E-state index is 0.0395. The van der Waals surface area contributed by atoms with Crippen molar-refractivity contribution in [2.45, 2.75) is 6.42 Å². The fourth-order valence-electron chi connectivity index (χ4n) is 1.78. The van der Waals surface area contributed by atoms with Crippen LogP contribution in [-0.2, 0) is 6.42 Å². The SMILES string of the molecule is O=C(Cc1ccc(Br)cn1)c1cnc2ccsc2c1. The molecule has 0 atom stereocenters. The van der Waals surface area contributed by atoms with Crippen LogP contribution >= 0.6 is 27.3 Å². The third-order valence-corrected chi connectivity index (χ3v) is 4.08. The topological polar surface area (TPSA) is 42.9 Å². The molecule has 0 saturated heterocycles. The van der Waals surface area contributed by atoms with Gasteiger partial charge in [0.25, 0.3) is 0 Å². The molecule has 5 heteroatoms. The number of pyridine rings is 2. The summed E-state index contributed by atoms with van der Waals surface area (Å²) < 4.78 is 1.94. The minimum Gasteiger partial charge on any atom is -0.294 e. The molecule has 0 radical (unpaired) electrons. The number of nitrogens with zero attached hydrogens (tertiary/aromatic N) is 2. The normalized spacial score (nSPS) is 10.8. The van der Waals surface area contributed by atoms with E-state index in [1.807, 2.05) is 29.6 Å². The van der Waals surface area contributed by atoms with Gasteiger partial charge in [-0.15, -0.1) is 11.3 Å². The third kappa shape index (κ3) is 2.72. The fourth-order valence-corrected chi connectivity index (χ4v) is 2.79. The third-order valence-electron chi connectivity index (χ3n) is 2.75. The number of ketones is 1. The van der Waals surface area contributed by atoms with E-state index >= 15 is 0 Å². The summed E-state index contributed by atoms with van der Waals surface area (Å²) in [6, 6.07) is 7.58. The monoisotopic (exact) mass is 332 g/mol. The first-order chi connectivity index (χ1) is 9.22. The molecule has 0 aliphatic rings. The van der Waals surface area contributed by atoms with Gasteiger partial charge in [-0.2, -0.15) is 0 Å². The van der Waals surface area contributed by atoms with E-state index in [0.29, 0.717) is 12.0 Å². The molecular formula is C14H9BrN2OS. The van der Waals surface area contributed by atoms with Gasteiger partial charge in [-0.25, -0.2) is 0 Å². The van der Waals surface area contributed by atoms with Gasteiger partial charge in [0.1, 0.15) is 0 Å². The number of Topliss-reactive ketones (excluding diaryl/α,β-unsaturated/α-hetero) is 1. The standard InChI is InChI=1S/C14H9BrN2OS/c15-10-1-2-11(16-8-10)6-13(18)9-5-14-12(17-7-9)3-4-19-14/h1-5,7-8H,6H2. The van der Waals surface area contributed by atoms with E-state index in [9.17, 15) is 4.79 Å². The van der Waals surface area contributed by atoms with Crippen molar-refractivity contribution in [1.82, 2.24) is 9.97 Å². The summed E-state index contributed by atoms with van der Waals surface area (Å²) in [6.07, 6.45) is 3.63. The Morgan fingerprint density at radius 1 is 1.21 bits per heavy atom. The van der Waals surface area contributed by atoms with E-state index in [1.54, 1.807) is 23.7 Å². The zero-order valence-corrected chi connectivity index (χ0v) is 12.2.